The molecule has 108 valence electrons. The molecule has 0 fully saturated rings. The minimum atomic E-state index is 0.189. The lowest BCUT2D eigenvalue weighted by molar-refractivity contribution is 0.529. The normalized spacial score (nSPS) is 12.7. The van der Waals surface area contributed by atoms with E-state index in [1.165, 1.54) is 10.9 Å². The summed E-state index contributed by atoms with van der Waals surface area (Å²) in [5.41, 5.74) is 3.35. The van der Waals surface area contributed by atoms with Crippen LogP contribution in [-0.4, -0.2) is 21.3 Å². The number of nitrogens with zero attached hydrogens (tertiary/aromatic N) is 3. The molecule has 0 bridgehead atoms. The molecule has 2 heterocycles. The zero-order valence-corrected chi connectivity index (χ0v) is 12.5. The Kier molecular flexibility index (Phi) is 3.97. The van der Waals surface area contributed by atoms with Gasteiger partial charge in [-0.1, -0.05) is 31.2 Å². The van der Waals surface area contributed by atoms with Crippen LogP contribution in [0.15, 0.2) is 48.7 Å². The highest BCUT2D eigenvalue weighted by molar-refractivity contribution is 5.81. The molecule has 0 saturated heterocycles. The van der Waals surface area contributed by atoms with E-state index in [4.69, 9.17) is 0 Å². The second-order valence-electron chi connectivity index (χ2n) is 5.16. The van der Waals surface area contributed by atoms with Crippen LogP contribution >= 0.6 is 0 Å². The predicted molar refractivity (Wildman–Crippen MR) is 85.1 cm³/mol. The van der Waals surface area contributed by atoms with Gasteiger partial charge in [-0.15, -0.1) is 0 Å². The van der Waals surface area contributed by atoms with Crippen molar-refractivity contribution in [1.29, 1.82) is 0 Å². The molecule has 0 spiro atoms. The van der Waals surface area contributed by atoms with Gasteiger partial charge in [-0.25, -0.2) is 0 Å². The molecule has 0 amide bonds. The number of likely N-dealkylation sites (N-methyl/N-ethyl adjacent to an activating group) is 1. The Morgan fingerprint density at radius 3 is 2.71 bits per heavy atom. The number of aromatic nitrogens is 3. The van der Waals surface area contributed by atoms with E-state index in [2.05, 4.69) is 46.6 Å². The summed E-state index contributed by atoms with van der Waals surface area (Å²) in [4.78, 5) is 4.48. The number of rotatable bonds is 5. The lowest BCUT2D eigenvalue weighted by atomic mass is 10.0. The minimum Gasteiger partial charge on any atom is -0.309 e. The van der Waals surface area contributed by atoms with Crippen molar-refractivity contribution in [1.82, 2.24) is 20.1 Å². The van der Waals surface area contributed by atoms with Crippen molar-refractivity contribution < 1.29 is 0 Å². The summed E-state index contributed by atoms with van der Waals surface area (Å²) in [6, 6.07) is 14.6. The number of nitrogens with one attached hydrogen (secondary N) is 1. The van der Waals surface area contributed by atoms with Gasteiger partial charge in [0, 0.05) is 25.1 Å². The van der Waals surface area contributed by atoms with E-state index in [-0.39, 0.29) is 6.04 Å². The molecular formula is C17H20N4. The van der Waals surface area contributed by atoms with Crippen LogP contribution in [0.3, 0.4) is 0 Å². The van der Waals surface area contributed by atoms with Gasteiger partial charge in [-0.2, -0.15) is 5.10 Å². The molecule has 0 saturated carbocycles. The molecule has 0 aliphatic heterocycles. The molecule has 21 heavy (non-hydrogen) atoms. The monoisotopic (exact) mass is 280 g/mol. The molecule has 0 aliphatic rings. The molecule has 1 unspecified atom stereocenters. The third-order valence-electron chi connectivity index (χ3n) is 3.73. The van der Waals surface area contributed by atoms with E-state index >= 15 is 0 Å². The fourth-order valence-corrected chi connectivity index (χ4v) is 2.74. The van der Waals surface area contributed by atoms with Gasteiger partial charge in [-0.3, -0.25) is 9.67 Å². The smallest absolute Gasteiger partial charge is 0.0722 e. The highest BCUT2D eigenvalue weighted by atomic mass is 15.3. The first kappa shape index (κ1) is 13.8. The largest absolute Gasteiger partial charge is 0.309 e. The van der Waals surface area contributed by atoms with Crippen molar-refractivity contribution in [3.05, 3.63) is 60.0 Å². The maximum atomic E-state index is 4.69. The standard InChI is InChI=1S/C17H20N4/c1-3-18-16(14-9-6-7-11-19-14)12-15-13-8-4-5-10-17(13)21(2)20-15/h4-11,16,18H,3,12H2,1-2H3. The Balaban J connectivity index is 1.95. The quantitative estimate of drug-likeness (QED) is 0.781. The predicted octanol–water partition coefficient (Wildman–Crippen LogP) is 2.86. The second-order valence-corrected chi connectivity index (χ2v) is 5.16. The summed E-state index contributed by atoms with van der Waals surface area (Å²) in [5, 5.41) is 9.42. The number of para-hydroxylation sites is 1. The molecule has 1 N–H and O–H groups in total. The lowest BCUT2D eigenvalue weighted by Gasteiger charge is -2.16. The van der Waals surface area contributed by atoms with E-state index in [0.29, 0.717) is 0 Å². The van der Waals surface area contributed by atoms with Gasteiger partial charge in [0.2, 0.25) is 0 Å². The SMILES string of the molecule is CCNC(Cc1nn(C)c2ccccc12)c1ccccn1. The Morgan fingerprint density at radius 1 is 1.14 bits per heavy atom. The van der Waals surface area contributed by atoms with Crippen LogP contribution < -0.4 is 5.32 Å². The maximum Gasteiger partial charge on any atom is 0.0722 e. The van der Waals surface area contributed by atoms with Crippen molar-refractivity contribution in [2.75, 3.05) is 6.54 Å². The summed E-state index contributed by atoms with van der Waals surface area (Å²) in [6.07, 6.45) is 2.68. The topological polar surface area (TPSA) is 42.7 Å². The van der Waals surface area contributed by atoms with Crippen LogP contribution in [-0.2, 0) is 13.5 Å². The highest BCUT2D eigenvalue weighted by Crippen LogP contribution is 2.22. The number of hydrogen-bond donors (Lipinski definition) is 1. The van der Waals surface area contributed by atoms with Crippen molar-refractivity contribution in [3.8, 4) is 0 Å². The second kappa shape index (κ2) is 6.06. The van der Waals surface area contributed by atoms with Crippen LogP contribution in [0, 0.1) is 0 Å². The molecular weight excluding hydrogens is 260 g/mol. The van der Waals surface area contributed by atoms with Gasteiger partial charge in [0.1, 0.15) is 0 Å². The summed E-state index contributed by atoms with van der Waals surface area (Å²) >= 11 is 0. The van der Waals surface area contributed by atoms with E-state index in [1.807, 2.05) is 36.1 Å². The molecule has 1 aromatic carbocycles. The third-order valence-corrected chi connectivity index (χ3v) is 3.73. The lowest BCUT2D eigenvalue weighted by Crippen LogP contribution is -2.24. The van der Waals surface area contributed by atoms with E-state index < -0.39 is 0 Å². The first-order valence-electron chi connectivity index (χ1n) is 7.34. The molecule has 0 aliphatic carbocycles. The van der Waals surface area contributed by atoms with Gasteiger partial charge in [0.15, 0.2) is 0 Å². The van der Waals surface area contributed by atoms with Gasteiger partial charge in [-0.05, 0) is 24.7 Å². The number of fused-ring (bicyclic) bond motifs is 1. The fraction of sp³-hybridized carbons (Fsp3) is 0.294. The summed E-state index contributed by atoms with van der Waals surface area (Å²) in [7, 11) is 1.99. The van der Waals surface area contributed by atoms with Crippen LogP contribution in [0.1, 0.15) is 24.4 Å². The highest BCUT2D eigenvalue weighted by Gasteiger charge is 2.16. The van der Waals surface area contributed by atoms with Crippen LogP contribution in [0.5, 0.6) is 0 Å². The molecule has 4 nitrogen and oxygen atoms in total. The number of benzene rings is 1. The van der Waals surface area contributed by atoms with Crippen molar-refractivity contribution >= 4 is 10.9 Å². The van der Waals surface area contributed by atoms with Gasteiger partial charge in [0.25, 0.3) is 0 Å². The average molecular weight is 280 g/mol. The first-order chi connectivity index (χ1) is 10.3. The molecule has 3 rings (SSSR count). The molecule has 0 radical (unpaired) electrons. The van der Waals surface area contributed by atoms with Crippen molar-refractivity contribution in [2.24, 2.45) is 7.05 Å². The van der Waals surface area contributed by atoms with E-state index in [9.17, 15) is 0 Å². The van der Waals surface area contributed by atoms with Crippen LogP contribution in [0.2, 0.25) is 0 Å². The van der Waals surface area contributed by atoms with E-state index in [1.54, 1.807) is 0 Å². The molecule has 1 atom stereocenters. The molecule has 4 heteroatoms. The summed E-state index contributed by atoms with van der Waals surface area (Å²) in [5.74, 6) is 0. The first-order valence-corrected chi connectivity index (χ1v) is 7.34. The third kappa shape index (κ3) is 2.81. The Hall–Kier alpha value is -2.20. The average Bonchev–Trinajstić information content (AvgIpc) is 2.85. The molecule has 2 aromatic heterocycles. The van der Waals surface area contributed by atoms with Crippen LogP contribution in [0.4, 0.5) is 0 Å². The van der Waals surface area contributed by atoms with E-state index in [0.717, 1.165) is 24.4 Å². The van der Waals surface area contributed by atoms with Gasteiger partial charge < -0.3 is 5.32 Å². The Labute approximate surface area is 124 Å². The zero-order chi connectivity index (χ0) is 14.7. The maximum absolute atomic E-state index is 4.69. The van der Waals surface area contributed by atoms with Gasteiger partial charge >= 0.3 is 0 Å². The number of aryl methyl sites for hydroxylation is 1. The minimum absolute atomic E-state index is 0.189. The van der Waals surface area contributed by atoms with Crippen LogP contribution in [0.25, 0.3) is 10.9 Å². The van der Waals surface area contributed by atoms with Gasteiger partial charge in [0.05, 0.1) is 22.9 Å². The summed E-state index contributed by atoms with van der Waals surface area (Å²) in [6.45, 7) is 3.03. The molecule has 3 aromatic rings. The fourth-order valence-electron chi connectivity index (χ4n) is 2.74. The Bertz CT molecular complexity index is 718. The zero-order valence-electron chi connectivity index (χ0n) is 12.5. The summed E-state index contributed by atoms with van der Waals surface area (Å²) < 4.78 is 1.95. The van der Waals surface area contributed by atoms with Crippen molar-refractivity contribution in [3.63, 3.8) is 0 Å². The Morgan fingerprint density at radius 2 is 1.95 bits per heavy atom. The van der Waals surface area contributed by atoms with Crippen molar-refractivity contribution in [2.45, 2.75) is 19.4 Å². The number of hydrogen-bond acceptors (Lipinski definition) is 3. The number of pyridine rings is 1.